The number of rotatable bonds is 10. The highest BCUT2D eigenvalue weighted by Crippen LogP contribution is 2.32. The number of hydrazine groups is 1. The second-order valence-corrected chi connectivity index (χ2v) is 14.2. The van der Waals surface area contributed by atoms with Crippen molar-refractivity contribution in [3.8, 4) is 5.75 Å². The van der Waals surface area contributed by atoms with Gasteiger partial charge in [0, 0.05) is 70.9 Å². The van der Waals surface area contributed by atoms with Gasteiger partial charge in [0.2, 0.25) is 11.8 Å². The topological polar surface area (TPSA) is 125 Å². The molecular weight excluding hydrogens is 685 g/mol. The van der Waals surface area contributed by atoms with Crippen molar-refractivity contribution < 1.29 is 24.3 Å². The summed E-state index contributed by atoms with van der Waals surface area (Å²) in [6.45, 7) is 10.7. The second-order valence-electron chi connectivity index (χ2n) is 14.2. The number of phenols is 1. The van der Waals surface area contributed by atoms with E-state index >= 15 is 0 Å². The first-order valence-corrected chi connectivity index (χ1v) is 18.6. The number of para-hydroxylation sites is 1. The Morgan fingerprint density at radius 3 is 2.39 bits per heavy atom. The Hall–Kier alpha value is -5.66. The Bertz CT molecular complexity index is 2020. The summed E-state index contributed by atoms with van der Waals surface area (Å²) < 4.78 is 1.95. The molecule has 0 bridgehead atoms. The largest absolute Gasteiger partial charge is 0.508 e. The van der Waals surface area contributed by atoms with E-state index in [2.05, 4.69) is 23.7 Å². The molecule has 282 valence electrons. The van der Waals surface area contributed by atoms with Gasteiger partial charge in [-0.05, 0) is 35.4 Å². The lowest BCUT2D eigenvalue weighted by atomic mass is 9.98. The van der Waals surface area contributed by atoms with Crippen LogP contribution in [0.25, 0.3) is 10.9 Å². The first kappa shape index (κ1) is 36.7. The minimum absolute atomic E-state index is 0.00709. The molecule has 0 unspecified atom stereocenters. The summed E-state index contributed by atoms with van der Waals surface area (Å²) in [5.74, 6) is -0.420. The Balaban J connectivity index is 1.23. The molecule has 2 N–H and O–H groups in total. The van der Waals surface area contributed by atoms with Crippen LogP contribution >= 0.6 is 0 Å². The van der Waals surface area contributed by atoms with E-state index in [4.69, 9.17) is 0 Å². The number of fused-ring (bicyclic) bond motifs is 2. The van der Waals surface area contributed by atoms with Gasteiger partial charge in [0.05, 0.1) is 24.2 Å². The predicted octanol–water partition coefficient (Wildman–Crippen LogP) is 3.40. The average Bonchev–Trinajstić information content (AvgIpc) is 3.53. The van der Waals surface area contributed by atoms with E-state index in [9.17, 15) is 24.3 Å². The molecule has 3 aliphatic heterocycles. The Labute approximate surface area is 315 Å². The Morgan fingerprint density at radius 2 is 1.69 bits per heavy atom. The number of piperazine rings is 2. The third-order valence-corrected chi connectivity index (χ3v) is 10.8. The minimum atomic E-state index is -0.914. The molecule has 5 amide bonds. The monoisotopic (exact) mass is 732 g/mol. The van der Waals surface area contributed by atoms with Crippen molar-refractivity contribution >= 4 is 34.7 Å². The van der Waals surface area contributed by atoms with Gasteiger partial charge in [0.1, 0.15) is 18.0 Å². The van der Waals surface area contributed by atoms with Gasteiger partial charge in [0.25, 0.3) is 5.91 Å². The van der Waals surface area contributed by atoms with Crippen LogP contribution in [0.4, 0.5) is 4.79 Å². The number of aromatic nitrogens is 1. The van der Waals surface area contributed by atoms with Crippen LogP contribution in [0.1, 0.15) is 34.0 Å². The van der Waals surface area contributed by atoms with Crippen molar-refractivity contribution in [3.05, 3.63) is 114 Å². The SMILES string of the molecule is C=CCN1CC(=O)N2[C@@H](Cc3ccc(O)cc3)C(=O)N(Cc3cccc4c(C(=O)N5CCN(CC)CC5)cn(C)c34)C[C@@H]2N1C(=O)NCc1ccccc1. The number of phenolic OH excluding ortho intramolecular Hbond substituents is 1. The normalized spacial score (nSPS) is 19.7. The molecule has 13 nitrogen and oxygen atoms in total. The number of carbonyl (C=O) groups is 4. The smallest absolute Gasteiger partial charge is 0.334 e. The van der Waals surface area contributed by atoms with Crippen LogP contribution < -0.4 is 5.32 Å². The summed E-state index contributed by atoms with van der Waals surface area (Å²) in [6, 6.07) is 20.7. The summed E-state index contributed by atoms with van der Waals surface area (Å²) in [6.07, 6.45) is 2.91. The maximum atomic E-state index is 14.7. The maximum Gasteiger partial charge on any atom is 0.334 e. The van der Waals surface area contributed by atoms with Gasteiger partial charge in [0.15, 0.2) is 0 Å². The van der Waals surface area contributed by atoms with E-state index in [1.165, 1.54) is 0 Å². The number of nitrogens with one attached hydrogen (secondary N) is 1. The Kier molecular flexibility index (Phi) is 10.7. The molecule has 54 heavy (non-hydrogen) atoms. The van der Waals surface area contributed by atoms with Crippen LogP contribution in [0.2, 0.25) is 0 Å². The van der Waals surface area contributed by atoms with Crippen molar-refractivity contribution in [2.45, 2.75) is 38.6 Å². The first-order chi connectivity index (χ1) is 26.2. The number of nitrogens with zero attached hydrogens (tertiary/aromatic N) is 7. The summed E-state index contributed by atoms with van der Waals surface area (Å²) in [7, 11) is 1.91. The highest BCUT2D eigenvalue weighted by molar-refractivity contribution is 6.07. The third kappa shape index (κ3) is 7.29. The molecule has 3 aliphatic rings. The number of benzene rings is 3. The predicted molar refractivity (Wildman–Crippen MR) is 205 cm³/mol. The van der Waals surface area contributed by atoms with Crippen LogP contribution in [0.15, 0.2) is 91.6 Å². The van der Waals surface area contributed by atoms with Crippen molar-refractivity contribution in [2.75, 3.05) is 52.4 Å². The van der Waals surface area contributed by atoms with E-state index < -0.39 is 18.2 Å². The first-order valence-electron chi connectivity index (χ1n) is 18.6. The van der Waals surface area contributed by atoms with E-state index in [1.54, 1.807) is 50.2 Å². The van der Waals surface area contributed by atoms with Gasteiger partial charge >= 0.3 is 6.03 Å². The van der Waals surface area contributed by atoms with Crippen LogP contribution in [0.3, 0.4) is 0 Å². The van der Waals surface area contributed by atoms with Crippen LogP contribution in [-0.4, -0.2) is 128 Å². The number of aromatic hydroxyl groups is 1. The number of likely N-dealkylation sites (N-methyl/N-ethyl adjacent to an activating group) is 1. The molecule has 0 saturated carbocycles. The quantitative estimate of drug-likeness (QED) is 0.240. The molecule has 0 aliphatic carbocycles. The molecule has 1 aromatic heterocycles. The fraction of sp³-hybridized carbons (Fsp3) is 0.366. The minimum Gasteiger partial charge on any atom is -0.508 e. The van der Waals surface area contributed by atoms with Gasteiger partial charge in [-0.25, -0.2) is 14.8 Å². The number of carbonyl (C=O) groups excluding carboxylic acids is 4. The highest BCUT2D eigenvalue weighted by atomic mass is 16.3. The molecule has 0 spiro atoms. The Morgan fingerprint density at radius 1 is 0.944 bits per heavy atom. The van der Waals surface area contributed by atoms with E-state index in [1.807, 2.05) is 71.2 Å². The van der Waals surface area contributed by atoms with E-state index in [0.29, 0.717) is 18.7 Å². The fourth-order valence-corrected chi connectivity index (χ4v) is 8.05. The summed E-state index contributed by atoms with van der Waals surface area (Å²) in [4.78, 5) is 64.2. The second kappa shape index (κ2) is 15.7. The van der Waals surface area contributed by atoms with Crippen LogP contribution in [0, 0.1) is 0 Å². The zero-order valence-electron chi connectivity index (χ0n) is 30.9. The van der Waals surface area contributed by atoms with Crippen molar-refractivity contribution in [1.82, 2.24) is 39.5 Å². The lowest BCUT2D eigenvalue weighted by Gasteiger charge is -2.55. The molecule has 4 heterocycles. The highest BCUT2D eigenvalue weighted by Gasteiger charge is 2.51. The zero-order valence-corrected chi connectivity index (χ0v) is 30.9. The molecule has 4 aromatic rings. The van der Waals surface area contributed by atoms with Gasteiger partial charge in [-0.3, -0.25) is 14.4 Å². The zero-order chi connectivity index (χ0) is 37.9. The summed E-state index contributed by atoms with van der Waals surface area (Å²) >= 11 is 0. The summed E-state index contributed by atoms with van der Waals surface area (Å²) in [5, 5.41) is 17.1. The molecular formula is C41H48N8O5. The van der Waals surface area contributed by atoms with Crippen molar-refractivity contribution in [2.24, 2.45) is 7.05 Å². The van der Waals surface area contributed by atoms with Gasteiger partial charge < -0.3 is 34.6 Å². The number of hydrogen-bond acceptors (Lipinski definition) is 7. The number of aryl methyl sites for hydroxylation is 1. The van der Waals surface area contributed by atoms with E-state index in [-0.39, 0.29) is 62.6 Å². The lowest BCUT2D eigenvalue weighted by Crippen LogP contribution is -2.76. The van der Waals surface area contributed by atoms with Gasteiger partial charge in [-0.2, -0.15) is 0 Å². The molecule has 2 atom stereocenters. The number of hydrogen-bond donors (Lipinski definition) is 2. The maximum absolute atomic E-state index is 14.7. The number of urea groups is 1. The third-order valence-electron chi connectivity index (χ3n) is 10.8. The van der Waals surface area contributed by atoms with Crippen molar-refractivity contribution in [1.29, 1.82) is 0 Å². The fourth-order valence-electron chi connectivity index (χ4n) is 8.05. The van der Waals surface area contributed by atoms with Crippen LogP contribution in [0.5, 0.6) is 5.75 Å². The number of amides is 5. The molecule has 0 radical (unpaired) electrons. The molecule has 3 aromatic carbocycles. The standard InChI is InChI=1S/C41H48N8O5/c1-4-18-47-28-37(51)48-35(23-29-14-16-32(50)17-15-29)40(53)46(27-36(48)49(47)41(54)42-24-30-10-7-6-8-11-30)25-31-12-9-13-33-34(26-43(3)38(31)33)39(52)45-21-19-44(5-2)20-22-45/h4,6-17,26,35-36,50H,1,5,18-25,27-28H2,2-3H3,(H,42,54)/t35-,36-/m0/s1. The molecule has 3 fully saturated rings. The van der Waals surface area contributed by atoms with Crippen molar-refractivity contribution in [3.63, 3.8) is 0 Å². The van der Waals surface area contributed by atoms with Gasteiger partial charge in [-0.15, -0.1) is 6.58 Å². The molecule has 3 saturated heterocycles. The average molecular weight is 733 g/mol. The lowest BCUT2D eigenvalue weighted by molar-refractivity contribution is -0.189. The van der Waals surface area contributed by atoms with Crippen LogP contribution in [-0.2, 0) is 36.1 Å². The summed E-state index contributed by atoms with van der Waals surface area (Å²) in [5.41, 5.74) is 4.01. The van der Waals surface area contributed by atoms with E-state index in [0.717, 1.165) is 47.2 Å². The molecule has 7 rings (SSSR count). The van der Waals surface area contributed by atoms with Gasteiger partial charge in [-0.1, -0.05) is 73.7 Å². The molecule has 13 heteroatoms.